The van der Waals surface area contributed by atoms with Gasteiger partial charge in [0.2, 0.25) is 5.89 Å². The van der Waals surface area contributed by atoms with E-state index in [2.05, 4.69) is 24.4 Å². The number of carbonyl (C=O) groups is 1. The van der Waals surface area contributed by atoms with Crippen molar-refractivity contribution < 1.29 is 9.21 Å². The monoisotopic (exact) mass is 445 g/mol. The van der Waals surface area contributed by atoms with Crippen LogP contribution in [0.25, 0.3) is 33.6 Å². The van der Waals surface area contributed by atoms with E-state index in [9.17, 15) is 4.79 Å². The van der Waals surface area contributed by atoms with Gasteiger partial charge >= 0.3 is 0 Å². The number of benzene rings is 3. The van der Waals surface area contributed by atoms with Crippen LogP contribution >= 0.6 is 23.9 Å². The molecule has 2 N–H and O–H groups in total. The highest BCUT2D eigenvalue weighted by molar-refractivity contribution is 7.80. The minimum Gasteiger partial charge on any atom is -0.436 e. The Bertz CT molecular complexity index is 1460. The number of oxazole rings is 1. The molecule has 1 amide bonds. The zero-order valence-electron chi connectivity index (χ0n) is 16.2. The average Bonchev–Trinajstić information content (AvgIpc) is 3.39. The molecular formula is C22H15N5O2S2. The molecule has 2 aromatic heterocycles. The molecule has 0 unspecified atom stereocenters. The third-order valence-corrected chi connectivity index (χ3v) is 5.41. The summed E-state index contributed by atoms with van der Waals surface area (Å²) >= 11 is 6.42. The third kappa shape index (κ3) is 4.00. The number of aryl methyl sites for hydroxylation is 1. The molecule has 0 fully saturated rings. The van der Waals surface area contributed by atoms with Gasteiger partial charge in [-0.25, -0.2) is 4.98 Å². The fourth-order valence-corrected chi connectivity index (χ4v) is 3.88. The Morgan fingerprint density at radius 3 is 2.77 bits per heavy atom. The van der Waals surface area contributed by atoms with E-state index in [1.807, 2.05) is 49.4 Å². The molecule has 5 rings (SSSR count). The molecule has 9 heteroatoms. The van der Waals surface area contributed by atoms with Gasteiger partial charge in [0.15, 0.2) is 10.7 Å². The van der Waals surface area contributed by atoms with Gasteiger partial charge < -0.3 is 9.73 Å². The molecule has 0 spiro atoms. The molecule has 3 aromatic carbocycles. The number of rotatable bonds is 3. The molecule has 0 aliphatic rings. The van der Waals surface area contributed by atoms with E-state index in [-0.39, 0.29) is 11.0 Å². The van der Waals surface area contributed by atoms with Gasteiger partial charge in [-0.05, 0) is 73.2 Å². The largest absolute Gasteiger partial charge is 0.436 e. The minimum atomic E-state index is -0.321. The summed E-state index contributed by atoms with van der Waals surface area (Å²) < 4.78 is 14.2. The van der Waals surface area contributed by atoms with Crippen LogP contribution in [0.1, 0.15) is 15.9 Å². The van der Waals surface area contributed by atoms with Gasteiger partial charge in [-0.1, -0.05) is 12.1 Å². The van der Waals surface area contributed by atoms with Gasteiger partial charge in [0, 0.05) is 16.8 Å². The van der Waals surface area contributed by atoms with Gasteiger partial charge in [-0.15, -0.1) is 0 Å². The average molecular weight is 446 g/mol. The smallest absolute Gasteiger partial charge is 0.257 e. The van der Waals surface area contributed by atoms with Crippen LogP contribution in [-0.2, 0) is 0 Å². The molecule has 5 aromatic rings. The van der Waals surface area contributed by atoms with Crippen LogP contribution in [0.4, 0.5) is 5.69 Å². The van der Waals surface area contributed by atoms with Crippen molar-refractivity contribution in [2.45, 2.75) is 6.92 Å². The van der Waals surface area contributed by atoms with Crippen molar-refractivity contribution in [1.82, 2.24) is 19.0 Å². The number of hydrogen-bond acceptors (Lipinski definition) is 7. The Morgan fingerprint density at radius 1 is 1.00 bits per heavy atom. The molecule has 0 aliphatic heterocycles. The molecular weight excluding hydrogens is 430 g/mol. The highest BCUT2D eigenvalue weighted by Gasteiger charge is 2.12. The number of aromatic nitrogens is 3. The maximum atomic E-state index is 12.5. The number of amides is 1. The predicted molar refractivity (Wildman–Crippen MR) is 125 cm³/mol. The van der Waals surface area contributed by atoms with E-state index in [1.165, 1.54) is 0 Å². The van der Waals surface area contributed by atoms with Crippen LogP contribution in [0.15, 0.2) is 65.1 Å². The number of nitrogens with one attached hydrogen (secondary N) is 2. The number of carbonyl (C=O) groups excluding carboxylic acids is 1. The van der Waals surface area contributed by atoms with E-state index in [1.54, 1.807) is 18.2 Å². The van der Waals surface area contributed by atoms with Gasteiger partial charge in [0.05, 0.1) is 11.7 Å². The molecule has 0 bridgehead atoms. The maximum Gasteiger partial charge on any atom is 0.257 e. The van der Waals surface area contributed by atoms with E-state index in [4.69, 9.17) is 16.6 Å². The number of fused-ring (bicyclic) bond motifs is 2. The van der Waals surface area contributed by atoms with Crippen LogP contribution < -0.4 is 10.6 Å². The van der Waals surface area contributed by atoms with Gasteiger partial charge in [0.1, 0.15) is 16.6 Å². The summed E-state index contributed by atoms with van der Waals surface area (Å²) in [5.74, 6) is 0.197. The second-order valence-corrected chi connectivity index (χ2v) is 7.88. The summed E-state index contributed by atoms with van der Waals surface area (Å²) in [4.78, 5) is 17.1. The molecule has 31 heavy (non-hydrogen) atoms. The van der Waals surface area contributed by atoms with Crippen molar-refractivity contribution >= 4 is 62.8 Å². The number of thiocarbonyl (C=S) groups is 1. The Hall–Kier alpha value is -3.69. The summed E-state index contributed by atoms with van der Waals surface area (Å²) in [6, 6.07) is 18.5. The Labute approximate surface area is 186 Å². The van der Waals surface area contributed by atoms with Gasteiger partial charge in [0.25, 0.3) is 5.91 Å². The third-order valence-electron chi connectivity index (χ3n) is 4.65. The fourth-order valence-electron chi connectivity index (χ4n) is 3.15. The molecule has 7 nitrogen and oxygen atoms in total. The van der Waals surface area contributed by atoms with Crippen molar-refractivity contribution in [3.63, 3.8) is 0 Å². The first-order valence-electron chi connectivity index (χ1n) is 9.37. The summed E-state index contributed by atoms with van der Waals surface area (Å²) in [6.45, 7) is 2.01. The second kappa shape index (κ2) is 7.86. The quantitative estimate of drug-likeness (QED) is 0.380. The van der Waals surface area contributed by atoms with Crippen LogP contribution in [0.2, 0.25) is 0 Å². The van der Waals surface area contributed by atoms with E-state index in [0.717, 1.165) is 39.5 Å². The first-order chi connectivity index (χ1) is 15.0. The Kier molecular flexibility index (Phi) is 4.89. The minimum absolute atomic E-state index is 0.187. The second-order valence-electron chi connectivity index (χ2n) is 6.95. The maximum absolute atomic E-state index is 12.5. The standard InChI is InChI=1S/C22H15N5O2S2/c1-12-5-8-19-18(9-12)24-21(29-19)14-3-2-4-15(10-14)23-22(30)25-20(28)13-6-7-16-17(11-13)27-31-26-16/h2-11H,1H3,(H2,23,25,28,30). The van der Waals surface area contributed by atoms with Gasteiger partial charge in [-0.2, -0.15) is 8.75 Å². The fraction of sp³-hybridized carbons (Fsp3) is 0.0455. The first kappa shape index (κ1) is 19.3. The zero-order valence-corrected chi connectivity index (χ0v) is 17.9. The van der Waals surface area contributed by atoms with Crippen molar-refractivity contribution in [3.05, 3.63) is 71.8 Å². The van der Waals surface area contributed by atoms with Crippen LogP contribution in [-0.4, -0.2) is 24.8 Å². The van der Waals surface area contributed by atoms with Crippen molar-refractivity contribution in [2.75, 3.05) is 5.32 Å². The topological polar surface area (TPSA) is 92.9 Å². The van der Waals surface area contributed by atoms with Gasteiger partial charge in [-0.3, -0.25) is 10.1 Å². The molecule has 0 atom stereocenters. The van der Waals surface area contributed by atoms with Crippen LogP contribution in [0, 0.1) is 6.92 Å². The predicted octanol–water partition coefficient (Wildman–Crippen LogP) is 4.93. The van der Waals surface area contributed by atoms with Crippen molar-refractivity contribution in [3.8, 4) is 11.5 Å². The number of anilines is 1. The highest BCUT2D eigenvalue weighted by atomic mass is 32.1. The number of nitrogens with zero attached hydrogens (tertiary/aromatic N) is 3. The molecule has 0 saturated heterocycles. The lowest BCUT2D eigenvalue weighted by Gasteiger charge is -2.10. The van der Waals surface area contributed by atoms with Crippen molar-refractivity contribution in [1.29, 1.82) is 0 Å². The zero-order chi connectivity index (χ0) is 21.4. The lowest BCUT2D eigenvalue weighted by molar-refractivity contribution is 0.0978. The summed E-state index contributed by atoms with van der Waals surface area (Å²) in [5.41, 5.74) is 6.06. The first-order valence-corrected chi connectivity index (χ1v) is 10.5. The molecule has 2 heterocycles. The van der Waals surface area contributed by atoms with Crippen molar-refractivity contribution in [2.24, 2.45) is 0 Å². The van der Waals surface area contributed by atoms with Crippen LogP contribution in [0.3, 0.4) is 0 Å². The van der Waals surface area contributed by atoms with E-state index >= 15 is 0 Å². The highest BCUT2D eigenvalue weighted by Crippen LogP contribution is 2.26. The lowest BCUT2D eigenvalue weighted by atomic mass is 10.2. The lowest BCUT2D eigenvalue weighted by Crippen LogP contribution is -2.34. The normalized spacial score (nSPS) is 11.0. The summed E-state index contributed by atoms with van der Waals surface area (Å²) in [7, 11) is 0. The SMILES string of the molecule is Cc1ccc2oc(-c3cccc(NC(=S)NC(=O)c4ccc5nsnc5c4)c3)nc2c1. The molecule has 0 radical (unpaired) electrons. The number of hydrogen-bond donors (Lipinski definition) is 2. The molecule has 0 saturated carbocycles. The Morgan fingerprint density at radius 2 is 1.87 bits per heavy atom. The summed E-state index contributed by atoms with van der Waals surface area (Å²) in [5, 5.41) is 5.90. The van der Waals surface area contributed by atoms with Crippen LogP contribution in [0.5, 0.6) is 0 Å². The summed E-state index contributed by atoms with van der Waals surface area (Å²) in [6.07, 6.45) is 0. The van der Waals surface area contributed by atoms with E-state index < -0.39 is 0 Å². The Balaban J connectivity index is 1.31. The van der Waals surface area contributed by atoms with E-state index in [0.29, 0.717) is 22.7 Å². The molecule has 152 valence electrons. The molecule has 0 aliphatic carbocycles.